The number of nitrogens with zero attached hydrogens (tertiary/aromatic N) is 2. The first kappa shape index (κ1) is 17.5. The highest BCUT2D eigenvalue weighted by atomic mass is 16.2. The molecular weight excluding hydrogens is 262 g/mol. The van der Waals surface area contributed by atoms with E-state index in [4.69, 9.17) is 0 Å². The van der Waals surface area contributed by atoms with E-state index in [0.29, 0.717) is 0 Å². The fourth-order valence-electron chi connectivity index (χ4n) is 2.16. The second-order valence-corrected chi connectivity index (χ2v) is 5.39. The first-order valence-corrected chi connectivity index (χ1v) is 8.19. The van der Waals surface area contributed by atoms with Gasteiger partial charge in [0.1, 0.15) is 0 Å². The Balaban J connectivity index is 2.25. The Kier molecular flexibility index (Phi) is 9.25. The van der Waals surface area contributed by atoms with Gasteiger partial charge in [-0.25, -0.2) is 4.79 Å². The molecule has 1 N–H and O–H groups in total. The van der Waals surface area contributed by atoms with Gasteiger partial charge in [-0.3, -0.25) is 4.98 Å². The SMILES string of the molecule is CCCCN(CCCC)C(=O)NCCCc1ccncc1. The smallest absolute Gasteiger partial charge is 0.317 e. The van der Waals surface area contributed by atoms with Gasteiger partial charge in [-0.15, -0.1) is 0 Å². The van der Waals surface area contributed by atoms with Crippen molar-refractivity contribution in [1.29, 1.82) is 0 Å². The summed E-state index contributed by atoms with van der Waals surface area (Å²) in [6.07, 6.45) is 9.96. The highest BCUT2D eigenvalue weighted by Gasteiger charge is 2.11. The molecule has 1 heterocycles. The lowest BCUT2D eigenvalue weighted by molar-refractivity contribution is 0.196. The maximum absolute atomic E-state index is 12.2. The number of carbonyl (C=O) groups excluding carboxylic acids is 1. The van der Waals surface area contributed by atoms with Crippen LogP contribution in [0.1, 0.15) is 51.5 Å². The number of pyridine rings is 1. The van der Waals surface area contributed by atoms with Crippen molar-refractivity contribution in [2.75, 3.05) is 19.6 Å². The molecule has 4 heteroatoms. The van der Waals surface area contributed by atoms with Gasteiger partial charge in [0.2, 0.25) is 0 Å². The summed E-state index contributed by atoms with van der Waals surface area (Å²) in [4.78, 5) is 18.1. The number of urea groups is 1. The van der Waals surface area contributed by atoms with Crippen LogP contribution in [-0.4, -0.2) is 35.5 Å². The molecule has 0 aromatic carbocycles. The van der Waals surface area contributed by atoms with E-state index in [1.54, 1.807) is 0 Å². The Labute approximate surface area is 129 Å². The van der Waals surface area contributed by atoms with Gasteiger partial charge in [-0.2, -0.15) is 0 Å². The molecule has 0 aliphatic heterocycles. The van der Waals surface area contributed by atoms with Gasteiger partial charge < -0.3 is 10.2 Å². The van der Waals surface area contributed by atoms with E-state index in [9.17, 15) is 4.79 Å². The van der Waals surface area contributed by atoms with Crippen LogP contribution in [0.2, 0.25) is 0 Å². The molecule has 0 spiro atoms. The van der Waals surface area contributed by atoms with E-state index in [1.807, 2.05) is 29.4 Å². The van der Waals surface area contributed by atoms with E-state index in [-0.39, 0.29) is 6.03 Å². The Morgan fingerprint density at radius 2 is 1.71 bits per heavy atom. The molecule has 0 radical (unpaired) electrons. The summed E-state index contributed by atoms with van der Waals surface area (Å²) in [5, 5.41) is 3.04. The molecule has 0 saturated carbocycles. The number of aromatic nitrogens is 1. The molecule has 118 valence electrons. The molecule has 21 heavy (non-hydrogen) atoms. The zero-order valence-corrected chi connectivity index (χ0v) is 13.5. The largest absolute Gasteiger partial charge is 0.338 e. The molecule has 0 bridgehead atoms. The average molecular weight is 291 g/mol. The summed E-state index contributed by atoms with van der Waals surface area (Å²) in [5.41, 5.74) is 1.27. The van der Waals surface area contributed by atoms with Gasteiger partial charge >= 0.3 is 6.03 Å². The highest BCUT2D eigenvalue weighted by Crippen LogP contribution is 2.02. The normalized spacial score (nSPS) is 10.4. The van der Waals surface area contributed by atoms with Crippen LogP contribution < -0.4 is 5.32 Å². The number of hydrogen-bond acceptors (Lipinski definition) is 2. The van der Waals surface area contributed by atoms with Crippen molar-refractivity contribution in [3.8, 4) is 0 Å². The first-order chi connectivity index (χ1) is 10.3. The van der Waals surface area contributed by atoms with Gasteiger partial charge in [0.05, 0.1) is 0 Å². The van der Waals surface area contributed by atoms with E-state index in [0.717, 1.165) is 58.2 Å². The Morgan fingerprint density at radius 3 is 2.29 bits per heavy atom. The Morgan fingerprint density at radius 1 is 1.10 bits per heavy atom. The van der Waals surface area contributed by atoms with E-state index >= 15 is 0 Å². The van der Waals surface area contributed by atoms with Gasteiger partial charge in [0.15, 0.2) is 0 Å². The van der Waals surface area contributed by atoms with E-state index < -0.39 is 0 Å². The average Bonchev–Trinajstić information content (AvgIpc) is 2.52. The fraction of sp³-hybridized carbons (Fsp3) is 0.647. The lowest BCUT2D eigenvalue weighted by Crippen LogP contribution is -2.41. The molecule has 1 aromatic heterocycles. The third kappa shape index (κ3) is 7.69. The van der Waals surface area contributed by atoms with Crippen molar-refractivity contribution in [2.45, 2.75) is 52.4 Å². The lowest BCUT2D eigenvalue weighted by atomic mass is 10.1. The second kappa shape index (κ2) is 11.1. The summed E-state index contributed by atoms with van der Waals surface area (Å²) in [7, 11) is 0. The third-order valence-corrected chi connectivity index (χ3v) is 3.52. The topological polar surface area (TPSA) is 45.2 Å². The van der Waals surface area contributed by atoms with Crippen LogP contribution in [0.25, 0.3) is 0 Å². The maximum atomic E-state index is 12.2. The number of aryl methyl sites for hydroxylation is 1. The Bertz CT molecular complexity index is 373. The zero-order chi connectivity index (χ0) is 15.3. The van der Waals surface area contributed by atoms with Gasteiger partial charge in [-0.05, 0) is 43.4 Å². The van der Waals surface area contributed by atoms with Crippen LogP contribution in [-0.2, 0) is 6.42 Å². The van der Waals surface area contributed by atoms with Gasteiger partial charge in [0, 0.05) is 32.0 Å². The molecule has 0 fully saturated rings. The lowest BCUT2D eigenvalue weighted by Gasteiger charge is -2.22. The standard InChI is InChI=1S/C17H29N3O/c1-3-5-14-20(15-6-4-2)17(21)19-11-7-8-16-9-12-18-13-10-16/h9-10,12-13H,3-8,11,14-15H2,1-2H3,(H,19,21). The number of amides is 2. The summed E-state index contributed by atoms with van der Waals surface area (Å²) in [6, 6.07) is 4.14. The number of rotatable bonds is 10. The molecule has 0 unspecified atom stereocenters. The maximum Gasteiger partial charge on any atom is 0.317 e. The zero-order valence-electron chi connectivity index (χ0n) is 13.5. The second-order valence-electron chi connectivity index (χ2n) is 5.39. The summed E-state index contributed by atoms with van der Waals surface area (Å²) in [5.74, 6) is 0. The van der Waals surface area contributed by atoms with Crippen LogP contribution in [0.4, 0.5) is 4.79 Å². The van der Waals surface area contributed by atoms with Crippen LogP contribution in [0, 0.1) is 0 Å². The molecule has 2 amide bonds. The van der Waals surface area contributed by atoms with Crippen molar-refractivity contribution in [1.82, 2.24) is 15.2 Å². The molecule has 0 aliphatic carbocycles. The van der Waals surface area contributed by atoms with Crippen LogP contribution in [0.3, 0.4) is 0 Å². The summed E-state index contributed by atoms with van der Waals surface area (Å²) in [6.45, 7) is 6.78. The molecule has 4 nitrogen and oxygen atoms in total. The molecule has 0 saturated heterocycles. The fourth-order valence-corrected chi connectivity index (χ4v) is 2.16. The molecule has 1 aromatic rings. The summed E-state index contributed by atoms with van der Waals surface area (Å²) >= 11 is 0. The minimum absolute atomic E-state index is 0.0895. The van der Waals surface area contributed by atoms with Crippen molar-refractivity contribution in [2.24, 2.45) is 0 Å². The highest BCUT2D eigenvalue weighted by molar-refractivity contribution is 5.74. The summed E-state index contributed by atoms with van der Waals surface area (Å²) < 4.78 is 0. The third-order valence-electron chi connectivity index (χ3n) is 3.52. The quantitative estimate of drug-likeness (QED) is 0.669. The molecule has 0 atom stereocenters. The first-order valence-electron chi connectivity index (χ1n) is 8.19. The van der Waals surface area contributed by atoms with Crippen molar-refractivity contribution in [3.63, 3.8) is 0 Å². The number of nitrogens with one attached hydrogen (secondary N) is 1. The minimum atomic E-state index is 0.0895. The number of carbonyl (C=O) groups is 1. The van der Waals surface area contributed by atoms with Crippen molar-refractivity contribution < 1.29 is 4.79 Å². The predicted molar refractivity (Wildman–Crippen MR) is 87.3 cm³/mol. The predicted octanol–water partition coefficient (Wildman–Crippen LogP) is 3.63. The Hall–Kier alpha value is -1.58. The molecule has 0 aliphatic rings. The van der Waals surface area contributed by atoms with Crippen molar-refractivity contribution >= 4 is 6.03 Å². The van der Waals surface area contributed by atoms with Crippen LogP contribution in [0.5, 0.6) is 0 Å². The minimum Gasteiger partial charge on any atom is -0.338 e. The molecular formula is C17H29N3O. The van der Waals surface area contributed by atoms with E-state index in [1.165, 1.54) is 5.56 Å². The monoisotopic (exact) mass is 291 g/mol. The van der Waals surface area contributed by atoms with Crippen LogP contribution in [0.15, 0.2) is 24.5 Å². The van der Waals surface area contributed by atoms with Gasteiger partial charge in [-0.1, -0.05) is 26.7 Å². The van der Waals surface area contributed by atoms with Crippen molar-refractivity contribution in [3.05, 3.63) is 30.1 Å². The number of unbranched alkanes of at least 4 members (excludes halogenated alkanes) is 2. The van der Waals surface area contributed by atoms with Gasteiger partial charge in [0.25, 0.3) is 0 Å². The van der Waals surface area contributed by atoms with E-state index in [2.05, 4.69) is 24.1 Å². The number of hydrogen-bond donors (Lipinski definition) is 1. The molecule has 1 rings (SSSR count). The van der Waals surface area contributed by atoms with Crippen LogP contribution >= 0.6 is 0 Å².